The zero-order chi connectivity index (χ0) is 7.94. The molecule has 58 valence electrons. The molecule has 1 aliphatic rings. The van der Waals surface area contributed by atoms with Crippen molar-refractivity contribution in [3.63, 3.8) is 0 Å². The summed E-state index contributed by atoms with van der Waals surface area (Å²) in [6, 6.07) is 0. The predicted octanol–water partition coefficient (Wildman–Crippen LogP) is -1.16. The highest BCUT2D eigenvalue weighted by molar-refractivity contribution is 8.01. The largest absolute Gasteiger partial charge is 0.254 e. The molecule has 0 aliphatic carbocycles. The number of aromatic amines is 1. The van der Waals surface area contributed by atoms with E-state index in [0.29, 0.717) is 0 Å². The zero-order valence-corrected chi connectivity index (χ0v) is 6.10. The molecule has 7 nitrogen and oxygen atoms in total. The Morgan fingerprint density at radius 3 is 2.18 bits per heavy atom. The van der Waals surface area contributed by atoms with Crippen molar-refractivity contribution in [2.75, 3.05) is 0 Å². The van der Waals surface area contributed by atoms with Crippen LogP contribution in [0.1, 0.15) is 0 Å². The summed E-state index contributed by atoms with van der Waals surface area (Å²) in [5.74, 6) is 0. The molecule has 1 aliphatic heterocycles. The Balaban J connectivity index is 0.000000112. The molecule has 0 amide bonds. The predicted molar refractivity (Wildman–Crippen MR) is 37.7 cm³/mol. The second-order valence-corrected chi connectivity index (χ2v) is 2.49. The highest BCUT2D eigenvalue weighted by Crippen LogP contribution is 1.88. The SMILES string of the molecule is O=S1C=CN=C1.n1nn[nH]n1. The van der Waals surface area contributed by atoms with Gasteiger partial charge in [0.05, 0.1) is 16.3 Å². The van der Waals surface area contributed by atoms with Crippen molar-refractivity contribution in [3.8, 4) is 0 Å². The van der Waals surface area contributed by atoms with E-state index in [0.717, 1.165) is 0 Å². The van der Waals surface area contributed by atoms with Crippen molar-refractivity contribution < 1.29 is 4.21 Å². The Morgan fingerprint density at radius 2 is 2.00 bits per heavy atom. The van der Waals surface area contributed by atoms with Gasteiger partial charge in [-0.2, -0.15) is 5.21 Å². The first-order valence-corrected chi connectivity index (χ1v) is 3.81. The minimum Gasteiger partial charge on any atom is -0.254 e. The normalized spacial score (nSPS) is 19.5. The van der Waals surface area contributed by atoms with Crippen molar-refractivity contribution in [1.29, 1.82) is 0 Å². The van der Waals surface area contributed by atoms with Gasteiger partial charge in [-0.1, -0.05) is 0 Å². The van der Waals surface area contributed by atoms with Gasteiger partial charge in [-0.05, 0) is 20.9 Å². The van der Waals surface area contributed by atoms with Gasteiger partial charge in [0.2, 0.25) is 0 Å². The molecule has 8 heteroatoms. The van der Waals surface area contributed by atoms with Crippen molar-refractivity contribution in [3.05, 3.63) is 11.6 Å². The number of aliphatic imine (C=N–C) groups is 1. The maximum absolute atomic E-state index is 10.1. The van der Waals surface area contributed by atoms with Crippen molar-refractivity contribution >= 4 is 16.3 Å². The molecule has 0 saturated carbocycles. The molecule has 2 heterocycles. The molecule has 0 fully saturated rings. The minimum atomic E-state index is -0.895. The van der Waals surface area contributed by atoms with E-state index in [9.17, 15) is 4.21 Å². The maximum atomic E-state index is 10.1. The molecule has 1 unspecified atom stereocenters. The average molecular weight is 172 g/mol. The van der Waals surface area contributed by atoms with E-state index in [1.54, 1.807) is 0 Å². The van der Waals surface area contributed by atoms with Crippen LogP contribution in [0, 0.1) is 0 Å². The second kappa shape index (κ2) is 4.39. The molecule has 2 rings (SSSR count). The smallest absolute Gasteiger partial charge is 0.0952 e. The number of H-pyrrole nitrogens is 1. The summed E-state index contributed by atoms with van der Waals surface area (Å²) < 4.78 is 10.1. The Morgan fingerprint density at radius 1 is 1.27 bits per heavy atom. The molecule has 0 bridgehead atoms. The first kappa shape index (κ1) is 7.66. The van der Waals surface area contributed by atoms with Gasteiger partial charge in [0, 0.05) is 11.6 Å². The molecule has 1 N–H and O–H groups in total. The van der Waals surface area contributed by atoms with E-state index in [1.807, 2.05) is 0 Å². The lowest BCUT2D eigenvalue weighted by Gasteiger charge is -1.62. The van der Waals surface area contributed by atoms with E-state index in [1.165, 1.54) is 17.2 Å². The first-order valence-electron chi connectivity index (χ1n) is 2.54. The number of hydrogen-bond acceptors (Lipinski definition) is 6. The van der Waals surface area contributed by atoms with E-state index in [-0.39, 0.29) is 0 Å². The van der Waals surface area contributed by atoms with Gasteiger partial charge in [0.15, 0.2) is 0 Å². The molecule has 1 aromatic heterocycles. The summed E-state index contributed by atoms with van der Waals surface area (Å²) in [4.78, 5) is 3.56. The lowest BCUT2D eigenvalue weighted by Crippen LogP contribution is -1.73. The molecule has 0 saturated heterocycles. The number of nitrogens with one attached hydrogen (secondary N) is 1. The van der Waals surface area contributed by atoms with Gasteiger partial charge in [-0.15, -0.1) is 0 Å². The number of hydrogen-bond donors (Lipinski definition) is 1. The second-order valence-electron chi connectivity index (χ2n) is 1.35. The van der Waals surface area contributed by atoms with Crippen LogP contribution in [-0.2, 0) is 10.8 Å². The summed E-state index contributed by atoms with van der Waals surface area (Å²) in [5, 5.41) is 16.0. The molecular weight excluding hydrogens is 168 g/mol. The fraction of sp³-hybridized carbons (Fsp3) is 0. The van der Waals surface area contributed by atoms with Crippen LogP contribution in [0.4, 0.5) is 0 Å². The van der Waals surface area contributed by atoms with E-state index >= 15 is 0 Å². The van der Waals surface area contributed by atoms with Gasteiger partial charge in [0.25, 0.3) is 0 Å². The van der Waals surface area contributed by atoms with Crippen LogP contribution in [0.2, 0.25) is 0 Å². The lowest BCUT2D eigenvalue weighted by atomic mass is 11.1. The summed E-state index contributed by atoms with van der Waals surface area (Å²) in [5.41, 5.74) is 1.39. The van der Waals surface area contributed by atoms with Crippen LogP contribution < -0.4 is 0 Å². The summed E-state index contributed by atoms with van der Waals surface area (Å²) >= 11 is 0. The zero-order valence-electron chi connectivity index (χ0n) is 5.28. The molecular formula is C3H4N6OS. The molecule has 0 spiro atoms. The number of aromatic nitrogens is 5. The third-order valence-electron chi connectivity index (χ3n) is 0.665. The maximum Gasteiger partial charge on any atom is 0.0952 e. The Labute approximate surface area is 64.0 Å². The van der Waals surface area contributed by atoms with Gasteiger partial charge in [-0.25, -0.2) is 4.21 Å². The van der Waals surface area contributed by atoms with Gasteiger partial charge < -0.3 is 0 Å². The molecule has 1 atom stereocenters. The van der Waals surface area contributed by atoms with E-state index < -0.39 is 10.8 Å². The molecule has 1 aromatic rings. The van der Waals surface area contributed by atoms with Crippen LogP contribution in [0.25, 0.3) is 0 Å². The van der Waals surface area contributed by atoms with Gasteiger partial charge >= 0.3 is 0 Å². The van der Waals surface area contributed by atoms with E-state index in [2.05, 4.69) is 31.1 Å². The van der Waals surface area contributed by atoms with Crippen LogP contribution in [0.5, 0.6) is 0 Å². The molecule has 0 aromatic carbocycles. The quantitative estimate of drug-likeness (QED) is 0.532. The summed E-state index contributed by atoms with van der Waals surface area (Å²) in [6.07, 6.45) is 1.52. The van der Waals surface area contributed by atoms with Crippen LogP contribution in [0.15, 0.2) is 16.6 Å². The standard InChI is InChI=1S/C3H3NOS.HN5/c5-6-2-1-4-3-6;1-2-4-5-3-1/h1-3H;(H,1,2,3,4,5). The van der Waals surface area contributed by atoms with Crippen molar-refractivity contribution in [2.24, 2.45) is 4.99 Å². The van der Waals surface area contributed by atoms with Crippen LogP contribution >= 0.6 is 0 Å². The lowest BCUT2D eigenvalue weighted by molar-refractivity contribution is 0.695. The average Bonchev–Trinajstić information content (AvgIpc) is 2.57. The van der Waals surface area contributed by atoms with Gasteiger partial charge in [-0.3, -0.25) is 4.99 Å². The monoisotopic (exact) mass is 172 g/mol. The van der Waals surface area contributed by atoms with Crippen LogP contribution in [-0.4, -0.2) is 35.8 Å². The van der Waals surface area contributed by atoms with E-state index in [4.69, 9.17) is 0 Å². The minimum absolute atomic E-state index is 0.895. The fourth-order valence-electron chi connectivity index (χ4n) is 0.325. The van der Waals surface area contributed by atoms with Crippen LogP contribution in [0.3, 0.4) is 0 Å². The molecule has 11 heavy (non-hydrogen) atoms. The number of rotatable bonds is 0. The van der Waals surface area contributed by atoms with Gasteiger partial charge in [0.1, 0.15) is 0 Å². The molecule has 0 radical (unpaired) electrons. The summed E-state index contributed by atoms with van der Waals surface area (Å²) in [7, 11) is -0.895. The third kappa shape index (κ3) is 3.30. The van der Waals surface area contributed by atoms with Crippen molar-refractivity contribution in [2.45, 2.75) is 0 Å². The Hall–Kier alpha value is -1.44. The number of nitrogens with zero attached hydrogens (tertiary/aromatic N) is 5. The van der Waals surface area contributed by atoms with Crippen molar-refractivity contribution in [1.82, 2.24) is 26.1 Å². The fourth-order valence-corrected chi connectivity index (χ4v) is 0.776. The third-order valence-corrected chi connectivity index (χ3v) is 1.38. The highest BCUT2D eigenvalue weighted by atomic mass is 32.2. The highest BCUT2D eigenvalue weighted by Gasteiger charge is 1.87. The Bertz CT molecular complexity index is 234. The Kier molecular flexibility index (Phi) is 3.06. The summed E-state index contributed by atoms with van der Waals surface area (Å²) in [6.45, 7) is 0. The topological polar surface area (TPSA) is 96.8 Å². The first-order chi connectivity index (χ1) is 5.39.